The van der Waals surface area contributed by atoms with Gasteiger partial charge in [-0.3, -0.25) is 4.68 Å². The Hall–Kier alpha value is -1.48. The minimum Gasteiger partial charge on any atom is -0.534 e. The second kappa shape index (κ2) is 5.44. The third-order valence-corrected chi connectivity index (χ3v) is 2.61. The van der Waals surface area contributed by atoms with Crippen molar-refractivity contribution >= 4 is 11.4 Å². The molecule has 0 aliphatic heterocycles. The molecule has 0 aliphatic carbocycles. The van der Waals surface area contributed by atoms with Crippen LogP contribution in [0.1, 0.15) is 11.4 Å². The van der Waals surface area contributed by atoms with E-state index in [0.29, 0.717) is 5.69 Å². The van der Waals surface area contributed by atoms with Gasteiger partial charge in [0.25, 0.3) is 0 Å². The van der Waals surface area contributed by atoms with Crippen LogP contribution in [0.25, 0.3) is 0 Å². The van der Waals surface area contributed by atoms with E-state index >= 15 is 0 Å². The van der Waals surface area contributed by atoms with Crippen molar-refractivity contribution in [3.05, 3.63) is 29.6 Å². The smallest absolute Gasteiger partial charge is 0.0830 e. The summed E-state index contributed by atoms with van der Waals surface area (Å²) in [7, 11) is 1.86. The molecule has 0 atom stereocenters. The fraction of sp³-hybridized carbons (Fsp3) is 0.250. The predicted octanol–water partition coefficient (Wildman–Crippen LogP) is 1.99. The first-order valence-electron chi connectivity index (χ1n) is 5.20. The van der Waals surface area contributed by atoms with E-state index in [1.807, 2.05) is 20.9 Å². The van der Waals surface area contributed by atoms with Crippen LogP contribution in [-0.2, 0) is 28.1 Å². The Morgan fingerprint density at radius 3 is 2.44 bits per heavy atom. The molecule has 0 bridgehead atoms. The topological polar surface area (TPSA) is 70.3 Å². The van der Waals surface area contributed by atoms with Crippen LogP contribution in [0, 0.1) is 19.9 Å². The third kappa shape index (κ3) is 2.85. The van der Waals surface area contributed by atoms with Crippen molar-refractivity contribution in [2.75, 3.05) is 5.32 Å². The molecular formula is C12H14N3O2W-. The maximum Gasteiger partial charge on any atom is 0.0830 e. The summed E-state index contributed by atoms with van der Waals surface area (Å²) in [5, 5.41) is 26.1. The number of anilines is 2. The van der Waals surface area contributed by atoms with Gasteiger partial charge in [-0.05, 0) is 13.8 Å². The zero-order valence-corrected chi connectivity index (χ0v) is 13.3. The van der Waals surface area contributed by atoms with E-state index in [2.05, 4.69) is 16.5 Å². The van der Waals surface area contributed by atoms with Crippen molar-refractivity contribution in [2.45, 2.75) is 13.8 Å². The van der Waals surface area contributed by atoms with Gasteiger partial charge in [0.15, 0.2) is 0 Å². The molecule has 5 nitrogen and oxygen atoms in total. The number of aromatic hydroxyl groups is 2. The molecule has 0 spiro atoms. The van der Waals surface area contributed by atoms with Crippen molar-refractivity contribution in [1.29, 1.82) is 0 Å². The van der Waals surface area contributed by atoms with E-state index in [0.717, 1.165) is 17.1 Å². The standard InChI is InChI=1S/C12H14N3O2.W/c1-7-12(8(2)15(3)14-7)13-9-4-10(16)6-11(17)5-9;/h4,6,13,16-17H,1-3H3;/q-1;. The summed E-state index contributed by atoms with van der Waals surface area (Å²) in [6.45, 7) is 3.82. The zero-order valence-electron chi connectivity index (χ0n) is 10.4. The number of aromatic nitrogens is 2. The molecule has 0 unspecified atom stereocenters. The van der Waals surface area contributed by atoms with Crippen molar-refractivity contribution < 1.29 is 31.3 Å². The Bertz CT molecular complexity index is 546. The molecule has 0 radical (unpaired) electrons. The van der Waals surface area contributed by atoms with E-state index in [4.69, 9.17) is 0 Å². The second-order valence-electron chi connectivity index (χ2n) is 3.93. The zero-order chi connectivity index (χ0) is 12.6. The molecule has 3 N–H and O–H groups in total. The Balaban J connectivity index is 0.00000162. The average molecular weight is 416 g/mol. The summed E-state index contributed by atoms with van der Waals surface area (Å²) in [6, 6.07) is 5.43. The molecule has 0 saturated carbocycles. The van der Waals surface area contributed by atoms with Crippen LogP contribution in [0.3, 0.4) is 0 Å². The number of nitrogens with one attached hydrogen (secondary N) is 1. The molecule has 0 fully saturated rings. The first-order chi connectivity index (χ1) is 7.97. The first kappa shape index (κ1) is 14.6. The summed E-state index contributed by atoms with van der Waals surface area (Å²) in [5.41, 5.74) is 3.18. The molecule has 2 aromatic rings. The first-order valence-corrected chi connectivity index (χ1v) is 5.20. The van der Waals surface area contributed by atoms with Crippen LogP contribution in [-0.4, -0.2) is 20.0 Å². The van der Waals surface area contributed by atoms with Crippen molar-refractivity contribution in [3.8, 4) is 11.5 Å². The maximum absolute atomic E-state index is 9.37. The van der Waals surface area contributed by atoms with Crippen LogP contribution in [0.4, 0.5) is 11.4 Å². The van der Waals surface area contributed by atoms with Gasteiger partial charge >= 0.3 is 0 Å². The SMILES string of the molecule is Cc1nn(C)c(C)c1Nc1[c-]c(O)cc(O)c1.[W]. The van der Waals surface area contributed by atoms with E-state index in [1.54, 1.807) is 4.68 Å². The van der Waals surface area contributed by atoms with Crippen LogP contribution < -0.4 is 5.32 Å². The maximum atomic E-state index is 9.37. The average Bonchev–Trinajstić information content (AvgIpc) is 2.44. The number of phenolic OH excluding ortho intramolecular Hbond substituents is 2. The Morgan fingerprint density at radius 2 is 1.94 bits per heavy atom. The Labute approximate surface area is 120 Å². The van der Waals surface area contributed by atoms with Gasteiger partial charge < -0.3 is 15.5 Å². The van der Waals surface area contributed by atoms with Gasteiger partial charge in [0.2, 0.25) is 0 Å². The fourth-order valence-electron chi connectivity index (χ4n) is 1.70. The van der Waals surface area contributed by atoms with Crippen molar-refractivity contribution in [2.24, 2.45) is 7.05 Å². The van der Waals surface area contributed by atoms with Crippen molar-refractivity contribution in [1.82, 2.24) is 9.78 Å². The van der Waals surface area contributed by atoms with E-state index in [9.17, 15) is 10.2 Å². The van der Waals surface area contributed by atoms with Gasteiger partial charge in [-0.2, -0.15) is 5.10 Å². The van der Waals surface area contributed by atoms with Crippen molar-refractivity contribution in [3.63, 3.8) is 0 Å². The summed E-state index contributed by atoms with van der Waals surface area (Å²) in [4.78, 5) is 0. The van der Waals surface area contributed by atoms with Gasteiger partial charge in [-0.15, -0.1) is 12.1 Å². The molecule has 0 amide bonds. The van der Waals surface area contributed by atoms with E-state index < -0.39 is 0 Å². The molecule has 1 aromatic carbocycles. The summed E-state index contributed by atoms with van der Waals surface area (Å²) in [6.07, 6.45) is 0. The molecular weight excluding hydrogens is 402 g/mol. The molecule has 6 heteroatoms. The predicted molar refractivity (Wildman–Crippen MR) is 64.6 cm³/mol. The van der Waals surface area contributed by atoms with E-state index in [1.165, 1.54) is 12.1 Å². The summed E-state index contributed by atoms with van der Waals surface area (Å²) in [5.74, 6) is -0.116. The normalized spacial score (nSPS) is 9.94. The number of rotatable bonds is 2. The number of phenols is 2. The molecule has 2 rings (SSSR count). The number of nitrogens with zero attached hydrogens (tertiary/aromatic N) is 2. The van der Waals surface area contributed by atoms with Crippen LogP contribution >= 0.6 is 0 Å². The molecule has 1 heterocycles. The molecule has 0 aliphatic rings. The third-order valence-electron chi connectivity index (χ3n) is 2.61. The summed E-state index contributed by atoms with van der Waals surface area (Å²) >= 11 is 0. The van der Waals surface area contributed by atoms with Gasteiger partial charge in [0.05, 0.1) is 17.1 Å². The Kier molecular flexibility index (Phi) is 4.41. The number of benzene rings is 1. The van der Waals surface area contributed by atoms with Gasteiger partial charge in [0.1, 0.15) is 0 Å². The minimum atomic E-state index is -0.105. The minimum absolute atomic E-state index is 0. The number of hydrogen-bond donors (Lipinski definition) is 3. The summed E-state index contributed by atoms with van der Waals surface area (Å²) < 4.78 is 1.76. The second-order valence-corrected chi connectivity index (χ2v) is 3.93. The fourth-order valence-corrected chi connectivity index (χ4v) is 1.70. The Morgan fingerprint density at radius 1 is 1.28 bits per heavy atom. The quantitative estimate of drug-likeness (QED) is 0.656. The van der Waals surface area contributed by atoms with Gasteiger partial charge in [-0.1, -0.05) is 11.8 Å². The van der Waals surface area contributed by atoms with Gasteiger partial charge in [0, 0.05) is 39.6 Å². The van der Waals surface area contributed by atoms with Crippen LogP contribution in [0.5, 0.6) is 11.5 Å². The van der Waals surface area contributed by atoms with Crippen LogP contribution in [0.2, 0.25) is 0 Å². The molecule has 96 valence electrons. The number of aryl methyl sites for hydroxylation is 2. The molecule has 18 heavy (non-hydrogen) atoms. The largest absolute Gasteiger partial charge is 0.534 e. The molecule has 0 saturated heterocycles. The number of hydrogen-bond acceptors (Lipinski definition) is 4. The monoisotopic (exact) mass is 416 g/mol. The molecule has 1 aromatic heterocycles. The van der Waals surface area contributed by atoms with E-state index in [-0.39, 0.29) is 32.6 Å². The van der Waals surface area contributed by atoms with Crippen LogP contribution in [0.15, 0.2) is 12.1 Å². The van der Waals surface area contributed by atoms with Gasteiger partial charge in [-0.25, -0.2) is 0 Å².